The van der Waals surface area contributed by atoms with Crippen LogP contribution in [0.3, 0.4) is 0 Å². The van der Waals surface area contributed by atoms with E-state index in [2.05, 4.69) is 10.1 Å². The van der Waals surface area contributed by atoms with Gasteiger partial charge in [-0.1, -0.05) is 12.1 Å². The maximum Gasteiger partial charge on any atom is 0.387 e. The molecule has 0 saturated carbocycles. The minimum Gasteiger partial charge on any atom is -0.433 e. The van der Waals surface area contributed by atoms with E-state index in [0.717, 1.165) is 0 Å². The zero-order valence-electron chi connectivity index (χ0n) is 13.2. The van der Waals surface area contributed by atoms with Crippen LogP contribution in [0.2, 0.25) is 0 Å². The molecule has 0 spiro atoms. The van der Waals surface area contributed by atoms with Crippen LogP contribution in [-0.2, 0) is 0 Å². The molecule has 0 saturated heterocycles. The first-order chi connectivity index (χ1) is 10.1. The van der Waals surface area contributed by atoms with Gasteiger partial charge in [0.15, 0.2) is 0 Å². The van der Waals surface area contributed by atoms with E-state index in [9.17, 15) is 18.7 Å². The van der Waals surface area contributed by atoms with Crippen molar-refractivity contribution in [1.82, 2.24) is 4.90 Å². The SMILES string of the molecule is CCN(CC(C)(C)O)C(=O)Nc1c(C)cccc1OC(F)F. The van der Waals surface area contributed by atoms with Crippen molar-refractivity contribution < 1.29 is 23.4 Å². The average molecular weight is 316 g/mol. The quantitative estimate of drug-likeness (QED) is 0.847. The Morgan fingerprint density at radius 2 is 2.09 bits per heavy atom. The van der Waals surface area contributed by atoms with Crippen LogP contribution >= 0.6 is 0 Å². The third kappa shape index (κ3) is 5.48. The molecule has 0 aliphatic heterocycles. The molecule has 7 heteroatoms. The molecule has 0 aliphatic carbocycles. The largest absolute Gasteiger partial charge is 0.433 e. The summed E-state index contributed by atoms with van der Waals surface area (Å²) in [6.07, 6.45) is 0. The Labute approximate surface area is 128 Å². The lowest BCUT2D eigenvalue weighted by atomic mass is 10.1. The van der Waals surface area contributed by atoms with Crippen molar-refractivity contribution >= 4 is 11.7 Å². The van der Waals surface area contributed by atoms with E-state index in [1.165, 1.54) is 11.0 Å². The number of nitrogens with one attached hydrogen (secondary N) is 1. The first kappa shape index (κ1) is 18.2. The highest BCUT2D eigenvalue weighted by molar-refractivity contribution is 5.92. The Bertz CT molecular complexity index is 516. The third-order valence-corrected chi connectivity index (χ3v) is 2.93. The second-order valence-electron chi connectivity index (χ2n) is 5.58. The van der Waals surface area contributed by atoms with Crippen LogP contribution in [0.5, 0.6) is 5.75 Å². The number of aryl methyl sites for hydroxylation is 1. The van der Waals surface area contributed by atoms with Gasteiger partial charge in [0.05, 0.1) is 17.8 Å². The van der Waals surface area contributed by atoms with Crippen LogP contribution in [0.1, 0.15) is 26.3 Å². The maximum absolute atomic E-state index is 12.4. The second kappa shape index (κ2) is 7.40. The zero-order valence-corrected chi connectivity index (χ0v) is 13.2. The number of anilines is 1. The Balaban J connectivity index is 2.95. The minimum atomic E-state index is -2.98. The van der Waals surface area contributed by atoms with Gasteiger partial charge in [-0.25, -0.2) is 4.79 Å². The number of aliphatic hydroxyl groups is 1. The number of hydrogen-bond acceptors (Lipinski definition) is 3. The van der Waals surface area contributed by atoms with Gasteiger partial charge < -0.3 is 20.1 Å². The molecule has 1 aromatic rings. The van der Waals surface area contributed by atoms with E-state index in [-0.39, 0.29) is 18.0 Å². The minimum absolute atomic E-state index is 0.0948. The maximum atomic E-state index is 12.4. The fourth-order valence-electron chi connectivity index (χ4n) is 1.98. The van der Waals surface area contributed by atoms with Gasteiger partial charge in [-0.05, 0) is 39.3 Å². The fraction of sp³-hybridized carbons (Fsp3) is 0.533. The second-order valence-corrected chi connectivity index (χ2v) is 5.58. The first-order valence-electron chi connectivity index (χ1n) is 6.96. The van der Waals surface area contributed by atoms with Crippen LogP contribution < -0.4 is 10.1 Å². The number of halogens is 2. The Hall–Kier alpha value is -1.89. The summed E-state index contributed by atoms with van der Waals surface area (Å²) < 4.78 is 29.3. The molecular weight excluding hydrogens is 294 g/mol. The van der Waals surface area contributed by atoms with Gasteiger partial charge in [0.1, 0.15) is 5.75 Å². The van der Waals surface area contributed by atoms with Crippen LogP contribution in [0.4, 0.5) is 19.3 Å². The number of likely N-dealkylation sites (N-methyl/N-ethyl adjacent to an activating group) is 1. The molecule has 1 rings (SSSR count). The van der Waals surface area contributed by atoms with Gasteiger partial charge in [-0.2, -0.15) is 8.78 Å². The van der Waals surface area contributed by atoms with Gasteiger partial charge in [-0.15, -0.1) is 0 Å². The molecule has 0 aromatic heterocycles. The van der Waals surface area contributed by atoms with Gasteiger partial charge >= 0.3 is 12.6 Å². The van der Waals surface area contributed by atoms with Crippen molar-refractivity contribution in [3.05, 3.63) is 23.8 Å². The molecule has 124 valence electrons. The van der Waals surface area contributed by atoms with E-state index in [1.807, 2.05) is 0 Å². The lowest BCUT2D eigenvalue weighted by molar-refractivity contribution is -0.0493. The lowest BCUT2D eigenvalue weighted by Gasteiger charge is -2.28. The van der Waals surface area contributed by atoms with Gasteiger partial charge in [0.2, 0.25) is 0 Å². The predicted octanol–water partition coefficient (Wildman–Crippen LogP) is 3.22. The van der Waals surface area contributed by atoms with Crippen molar-refractivity contribution in [2.45, 2.75) is 39.9 Å². The van der Waals surface area contributed by atoms with Crippen molar-refractivity contribution in [2.75, 3.05) is 18.4 Å². The number of benzene rings is 1. The third-order valence-electron chi connectivity index (χ3n) is 2.93. The number of alkyl halides is 2. The van der Waals surface area contributed by atoms with Crippen LogP contribution in [0, 0.1) is 6.92 Å². The van der Waals surface area contributed by atoms with E-state index in [4.69, 9.17) is 0 Å². The summed E-state index contributed by atoms with van der Waals surface area (Å²) in [5, 5.41) is 12.4. The molecule has 2 amide bonds. The van der Waals surface area contributed by atoms with E-state index >= 15 is 0 Å². The molecule has 2 N–H and O–H groups in total. The number of ether oxygens (including phenoxy) is 1. The number of para-hydroxylation sites is 1. The normalized spacial score (nSPS) is 11.5. The topological polar surface area (TPSA) is 61.8 Å². The van der Waals surface area contributed by atoms with Gasteiger partial charge in [0.25, 0.3) is 0 Å². The molecule has 0 aliphatic rings. The molecule has 0 bridgehead atoms. The summed E-state index contributed by atoms with van der Waals surface area (Å²) in [5.41, 5.74) is -0.255. The predicted molar refractivity (Wildman–Crippen MR) is 80.4 cm³/mol. The summed E-state index contributed by atoms with van der Waals surface area (Å²) in [6, 6.07) is 4.12. The summed E-state index contributed by atoms with van der Waals surface area (Å²) in [4.78, 5) is 13.7. The number of carbonyl (C=O) groups is 1. The smallest absolute Gasteiger partial charge is 0.387 e. The van der Waals surface area contributed by atoms with Crippen LogP contribution in [-0.4, -0.2) is 41.3 Å². The molecule has 0 heterocycles. The molecule has 5 nitrogen and oxygen atoms in total. The fourth-order valence-corrected chi connectivity index (χ4v) is 1.98. The standard InChI is InChI=1S/C15H22F2N2O3/c1-5-19(9-15(3,4)21)14(20)18-12-10(2)7-6-8-11(12)22-13(16)17/h6-8,13,21H,5,9H2,1-4H3,(H,18,20). The number of hydrogen-bond donors (Lipinski definition) is 2. The first-order valence-corrected chi connectivity index (χ1v) is 6.96. The van der Waals surface area contributed by atoms with Crippen molar-refractivity contribution in [3.63, 3.8) is 0 Å². The molecular formula is C15H22F2N2O3. The molecule has 0 unspecified atom stereocenters. The van der Waals surface area contributed by atoms with Crippen molar-refractivity contribution in [2.24, 2.45) is 0 Å². The monoisotopic (exact) mass is 316 g/mol. The summed E-state index contributed by atoms with van der Waals surface area (Å²) in [7, 11) is 0. The number of carbonyl (C=O) groups excluding carboxylic acids is 1. The summed E-state index contributed by atoms with van der Waals surface area (Å²) >= 11 is 0. The number of amides is 2. The Morgan fingerprint density at radius 1 is 1.45 bits per heavy atom. The van der Waals surface area contributed by atoms with Crippen molar-refractivity contribution in [1.29, 1.82) is 0 Å². The lowest BCUT2D eigenvalue weighted by Crippen LogP contribution is -2.44. The molecule has 0 radical (unpaired) electrons. The van der Waals surface area contributed by atoms with Crippen LogP contribution in [0.25, 0.3) is 0 Å². The number of urea groups is 1. The summed E-state index contributed by atoms with van der Waals surface area (Å²) in [6.45, 7) is 4.12. The van der Waals surface area contributed by atoms with E-state index in [1.54, 1.807) is 39.8 Å². The highest BCUT2D eigenvalue weighted by atomic mass is 19.3. The van der Waals surface area contributed by atoms with Crippen LogP contribution in [0.15, 0.2) is 18.2 Å². The van der Waals surface area contributed by atoms with Crippen molar-refractivity contribution in [3.8, 4) is 5.75 Å². The number of rotatable bonds is 6. The van der Waals surface area contributed by atoms with E-state index in [0.29, 0.717) is 12.1 Å². The Kier molecular flexibility index (Phi) is 6.11. The zero-order chi connectivity index (χ0) is 16.9. The summed E-state index contributed by atoms with van der Waals surface area (Å²) in [5.74, 6) is -0.0948. The molecule has 22 heavy (non-hydrogen) atoms. The van der Waals surface area contributed by atoms with E-state index < -0.39 is 18.2 Å². The van der Waals surface area contributed by atoms with Gasteiger partial charge in [0, 0.05) is 6.54 Å². The average Bonchev–Trinajstić information content (AvgIpc) is 2.38. The molecule has 1 aromatic carbocycles. The number of nitrogens with zero attached hydrogens (tertiary/aromatic N) is 1. The highest BCUT2D eigenvalue weighted by Gasteiger charge is 2.23. The van der Waals surface area contributed by atoms with Gasteiger partial charge in [-0.3, -0.25) is 0 Å². The molecule has 0 fully saturated rings. The molecule has 0 atom stereocenters. The Morgan fingerprint density at radius 3 is 2.59 bits per heavy atom. The highest BCUT2D eigenvalue weighted by Crippen LogP contribution is 2.29.